The Kier molecular flexibility index (Phi) is 4.82. The highest BCUT2D eigenvalue weighted by Gasteiger charge is 2.39. The van der Waals surface area contributed by atoms with Gasteiger partial charge in [-0.3, -0.25) is 10.1 Å². The number of carbonyl (C=O) groups is 2. The summed E-state index contributed by atoms with van der Waals surface area (Å²) < 4.78 is 0. The molecular weight excluding hydrogens is 290 g/mol. The standard InChI is InChI=1S/C14H21N3O3S/c1-9-10(2)21-13(16-9)17-12(20)15-8-14(11(18)19)6-4-3-5-7-14/h3-8H2,1-2H3,(H,18,19)(H2,15,16,17,20). The van der Waals surface area contributed by atoms with Crippen molar-refractivity contribution in [3.05, 3.63) is 10.6 Å². The van der Waals surface area contributed by atoms with E-state index in [4.69, 9.17) is 0 Å². The van der Waals surface area contributed by atoms with Crippen LogP contribution in [0.25, 0.3) is 0 Å². The molecule has 0 saturated heterocycles. The summed E-state index contributed by atoms with van der Waals surface area (Å²) in [6.07, 6.45) is 4.12. The van der Waals surface area contributed by atoms with Gasteiger partial charge in [0.15, 0.2) is 5.13 Å². The third-order valence-corrected chi connectivity index (χ3v) is 5.09. The lowest BCUT2D eigenvalue weighted by Gasteiger charge is -2.33. The van der Waals surface area contributed by atoms with Gasteiger partial charge in [0.1, 0.15) is 0 Å². The summed E-state index contributed by atoms with van der Waals surface area (Å²) in [7, 11) is 0. The van der Waals surface area contributed by atoms with Crippen molar-refractivity contribution < 1.29 is 14.7 Å². The largest absolute Gasteiger partial charge is 0.481 e. The Balaban J connectivity index is 1.91. The van der Waals surface area contributed by atoms with Crippen LogP contribution in [0, 0.1) is 19.3 Å². The number of rotatable bonds is 4. The molecule has 0 radical (unpaired) electrons. The molecule has 1 heterocycles. The van der Waals surface area contributed by atoms with Crippen molar-refractivity contribution in [2.45, 2.75) is 46.0 Å². The van der Waals surface area contributed by atoms with Crippen molar-refractivity contribution in [3.63, 3.8) is 0 Å². The average molecular weight is 311 g/mol. The number of anilines is 1. The number of carboxylic acid groups (broad SMARTS) is 1. The number of carboxylic acids is 1. The summed E-state index contributed by atoms with van der Waals surface area (Å²) in [5, 5.41) is 15.3. The summed E-state index contributed by atoms with van der Waals surface area (Å²) in [5.74, 6) is -0.816. The van der Waals surface area contributed by atoms with Crippen molar-refractivity contribution in [2.24, 2.45) is 5.41 Å². The maximum Gasteiger partial charge on any atom is 0.321 e. The Morgan fingerprint density at radius 2 is 1.95 bits per heavy atom. The number of aliphatic carboxylic acids is 1. The molecule has 0 bridgehead atoms. The van der Waals surface area contributed by atoms with Gasteiger partial charge in [0.2, 0.25) is 0 Å². The Morgan fingerprint density at radius 1 is 1.29 bits per heavy atom. The van der Waals surface area contributed by atoms with Gasteiger partial charge in [-0.05, 0) is 26.7 Å². The van der Waals surface area contributed by atoms with Crippen LogP contribution in [0.15, 0.2) is 0 Å². The predicted molar refractivity (Wildman–Crippen MR) is 81.8 cm³/mol. The first-order valence-corrected chi connectivity index (χ1v) is 7.97. The monoisotopic (exact) mass is 311 g/mol. The molecule has 6 nitrogen and oxygen atoms in total. The van der Waals surface area contributed by atoms with E-state index in [-0.39, 0.29) is 6.54 Å². The number of amides is 2. The average Bonchev–Trinajstić information content (AvgIpc) is 2.76. The van der Waals surface area contributed by atoms with E-state index in [0.717, 1.165) is 29.8 Å². The molecule has 1 aromatic rings. The number of aromatic nitrogens is 1. The lowest BCUT2D eigenvalue weighted by molar-refractivity contribution is -0.150. The van der Waals surface area contributed by atoms with Crippen molar-refractivity contribution in [2.75, 3.05) is 11.9 Å². The summed E-state index contributed by atoms with van der Waals surface area (Å²) in [6, 6.07) is -0.394. The molecule has 0 aliphatic heterocycles. The van der Waals surface area contributed by atoms with Crippen LogP contribution in [0.2, 0.25) is 0 Å². The smallest absolute Gasteiger partial charge is 0.321 e. The molecular formula is C14H21N3O3S. The summed E-state index contributed by atoms with van der Waals surface area (Å²) in [6.45, 7) is 3.99. The van der Waals surface area contributed by atoms with Gasteiger partial charge < -0.3 is 10.4 Å². The predicted octanol–water partition coefficient (Wildman–Crippen LogP) is 2.92. The maximum absolute atomic E-state index is 11.9. The fourth-order valence-corrected chi connectivity index (χ4v) is 3.42. The van der Waals surface area contributed by atoms with Crippen LogP contribution < -0.4 is 10.6 Å². The molecule has 0 atom stereocenters. The number of nitrogens with one attached hydrogen (secondary N) is 2. The van der Waals surface area contributed by atoms with Crippen molar-refractivity contribution in [1.29, 1.82) is 0 Å². The van der Waals surface area contributed by atoms with E-state index < -0.39 is 17.4 Å². The second kappa shape index (κ2) is 6.43. The van der Waals surface area contributed by atoms with Crippen LogP contribution >= 0.6 is 11.3 Å². The van der Waals surface area contributed by atoms with Gasteiger partial charge in [-0.2, -0.15) is 0 Å². The zero-order chi connectivity index (χ0) is 15.5. The van der Waals surface area contributed by atoms with Crippen LogP contribution in [0.3, 0.4) is 0 Å². The van der Waals surface area contributed by atoms with Crippen LogP contribution in [0.5, 0.6) is 0 Å². The number of aryl methyl sites for hydroxylation is 2. The molecule has 2 rings (SSSR count). The lowest BCUT2D eigenvalue weighted by atomic mass is 9.74. The fraction of sp³-hybridized carbons (Fsp3) is 0.643. The molecule has 1 fully saturated rings. The summed E-state index contributed by atoms with van der Waals surface area (Å²) in [5.41, 5.74) is 0.0780. The minimum Gasteiger partial charge on any atom is -0.481 e. The number of carbonyl (C=O) groups excluding carboxylic acids is 1. The van der Waals surface area contributed by atoms with Gasteiger partial charge in [-0.25, -0.2) is 9.78 Å². The van der Waals surface area contributed by atoms with Crippen molar-refractivity contribution in [1.82, 2.24) is 10.3 Å². The van der Waals surface area contributed by atoms with Crippen molar-refractivity contribution in [3.8, 4) is 0 Å². The number of hydrogen-bond donors (Lipinski definition) is 3. The molecule has 3 N–H and O–H groups in total. The maximum atomic E-state index is 11.9. The van der Waals surface area contributed by atoms with Crippen LogP contribution in [-0.2, 0) is 4.79 Å². The molecule has 0 aromatic carbocycles. The van der Waals surface area contributed by atoms with Gasteiger partial charge in [0.05, 0.1) is 11.1 Å². The van der Waals surface area contributed by atoms with Gasteiger partial charge >= 0.3 is 12.0 Å². The third kappa shape index (κ3) is 3.72. The Hall–Kier alpha value is -1.63. The quantitative estimate of drug-likeness (QED) is 0.797. The summed E-state index contributed by atoms with van der Waals surface area (Å²) in [4.78, 5) is 28.7. The normalized spacial score (nSPS) is 17.2. The molecule has 0 spiro atoms. The summed E-state index contributed by atoms with van der Waals surface area (Å²) >= 11 is 1.41. The Bertz CT molecular complexity index is 516. The van der Waals surface area contributed by atoms with Crippen LogP contribution in [0.4, 0.5) is 9.93 Å². The topological polar surface area (TPSA) is 91.3 Å². The lowest BCUT2D eigenvalue weighted by Crippen LogP contribution is -2.45. The van der Waals surface area contributed by atoms with E-state index in [1.165, 1.54) is 11.3 Å². The van der Waals surface area contributed by atoms with Gasteiger partial charge in [-0.1, -0.05) is 19.3 Å². The zero-order valence-corrected chi connectivity index (χ0v) is 13.2. The molecule has 1 aliphatic rings. The third-order valence-electron chi connectivity index (χ3n) is 4.10. The van der Waals surface area contributed by atoms with Gasteiger partial charge in [0.25, 0.3) is 0 Å². The Labute approximate surface area is 128 Å². The molecule has 21 heavy (non-hydrogen) atoms. The minimum absolute atomic E-state index is 0.164. The zero-order valence-electron chi connectivity index (χ0n) is 12.4. The van der Waals surface area contributed by atoms with Gasteiger partial charge in [-0.15, -0.1) is 11.3 Å². The van der Waals surface area contributed by atoms with Crippen LogP contribution in [0.1, 0.15) is 42.7 Å². The number of nitrogens with zero attached hydrogens (tertiary/aromatic N) is 1. The van der Waals surface area contributed by atoms with E-state index in [0.29, 0.717) is 18.0 Å². The Morgan fingerprint density at radius 3 is 2.48 bits per heavy atom. The molecule has 0 unspecified atom stereocenters. The van der Waals surface area contributed by atoms with Crippen molar-refractivity contribution >= 4 is 28.5 Å². The van der Waals surface area contributed by atoms with E-state index in [2.05, 4.69) is 15.6 Å². The highest BCUT2D eigenvalue weighted by Crippen LogP contribution is 2.36. The molecule has 2 amide bonds. The van der Waals surface area contributed by atoms with Crippen LogP contribution in [-0.4, -0.2) is 28.6 Å². The van der Waals surface area contributed by atoms with E-state index in [1.54, 1.807) is 0 Å². The number of hydrogen-bond acceptors (Lipinski definition) is 4. The second-order valence-corrected chi connectivity index (χ2v) is 6.82. The molecule has 1 aliphatic carbocycles. The first-order chi connectivity index (χ1) is 9.93. The highest BCUT2D eigenvalue weighted by atomic mass is 32.1. The molecule has 1 saturated carbocycles. The number of urea groups is 1. The molecule has 1 aromatic heterocycles. The van der Waals surface area contributed by atoms with Gasteiger partial charge in [0, 0.05) is 11.4 Å². The highest BCUT2D eigenvalue weighted by molar-refractivity contribution is 7.15. The second-order valence-electron chi connectivity index (χ2n) is 5.61. The molecule has 7 heteroatoms. The fourth-order valence-electron chi connectivity index (χ4n) is 2.61. The minimum atomic E-state index is -0.816. The first kappa shape index (κ1) is 15.8. The van der Waals surface area contributed by atoms with E-state index in [1.807, 2.05) is 13.8 Å². The first-order valence-electron chi connectivity index (χ1n) is 7.15. The molecule has 116 valence electrons. The number of thiazole rings is 1. The SMILES string of the molecule is Cc1nc(NC(=O)NCC2(C(=O)O)CCCCC2)sc1C. The van der Waals surface area contributed by atoms with E-state index >= 15 is 0 Å². The van der Waals surface area contributed by atoms with E-state index in [9.17, 15) is 14.7 Å².